The average Bonchev–Trinajstić information content (AvgIpc) is 2.95. The summed E-state index contributed by atoms with van der Waals surface area (Å²) < 4.78 is 2.09. The number of likely N-dealkylation sites (N-methyl/N-ethyl adjacent to an activating group) is 1. The highest BCUT2D eigenvalue weighted by atomic mass is 16.3. The van der Waals surface area contributed by atoms with Crippen LogP contribution in [0.5, 0.6) is 0 Å². The smallest absolute Gasteiger partial charge is 0.246 e. The number of aliphatic hydroxyl groups is 1. The van der Waals surface area contributed by atoms with Crippen LogP contribution in [-0.2, 0) is 17.8 Å². The maximum absolute atomic E-state index is 11.8. The van der Waals surface area contributed by atoms with E-state index < -0.39 is 5.60 Å². The molecule has 142 valence electrons. The largest absolute Gasteiger partial charge is 0.389 e. The summed E-state index contributed by atoms with van der Waals surface area (Å²) in [5.74, 6) is 0.872. The molecule has 3 rings (SSSR count). The van der Waals surface area contributed by atoms with Gasteiger partial charge in [-0.2, -0.15) is 0 Å². The topological polar surface area (TPSA) is 71.2 Å². The van der Waals surface area contributed by atoms with Crippen LogP contribution < -0.4 is 0 Å². The van der Waals surface area contributed by atoms with Gasteiger partial charge in [0.25, 0.3) is 0 Å². The zero-order valence-corrected chi connectivity index (χ0v) is 16.5. The number of carbonyl (C=O) groups is 1. The molecule has 0 atom stereocenters. The van der Waals surface area contributed by atoms with E-state index in [0.29, 0.717) is 6.54 Å². The molecule has 0 radical (unpaired) electrons. The Morgan fingerprint density at radius 1 is 1.30 bits per heavy atom. The van der Waals surface area contributed by atoms with Gasteiger partial charge in [0.05, 0.1) is 29.4 Å². The standard InChI is InChI=1S/C21H26N4O2/c1-6-18-23-17-12-22-16-11-14(8-10-19(26)24(4)5)7-9-15(16)20(17)25(18)13-21(2,3)27/h7-12,27H,6,13H2,1-5H3/b10-8+. The van der Waals surface area contributed by atoms with Crippen LogP contribution in [0.15, 0.2) is 30.5 Å². The lowest BCUT2D eigenvalue weighted by atomic mass is 10.1. The van der Waals surface area contributed by atoms with Gasteiger partial charge < -0.3 is 14.6 Å². The third kappa shape index (κ3) is 4.01. The Morgan fingerprint density at radius 2 is 2.04 bits per heavy atom. The zero-order chi connectivity index (χ0) is 19.8. The Bertz CT molecular complexity index is 1030. The summed E-state index contributed by atoms with van der Waals surface area (Å²) in [4.78, 5) is 22.5. The molecule has 0 fully saturated rings. The predicted octanol–water partition coefficient (Wildman–Crippen LogP) is 3.02. The number of aromatic nitrogens is 3. The number of nitrogens with zero attached hydrogens (tertiary/aromatic N) is 4. The Kier molecular flexibility index (Phi) is 5.02. The summed E-state index contributed by atoms with van der Waals surface area (Å²) in [7, 11) is 3.45. The fraction of sp³-hybridized carbons (Fsp3) is 0.381. The van der Waals surface area contributed by atoms with Crippen molar-refractivity contribution >= 4 is 33.9 Å². The van der Waals surface area contributed by atoms with E-state index in [1.54, 1.807) is 46.3 Å². The van der Waals surface area contributed by atoms with Crippen molar-refractivity contribution in [2.45, 2.75) is 39.3 Å². The molecule has 1 amide bonds. The van der Waals surface area contributed by atoms with Gasteiger partial charge in [-0.25, -0.2) is 4.98 Å². The van der Waals surface area contributed by atoms with Gasteiger partial charge in [0.2, 0.25) is 5.91 Å². The van der Waals surface area contributed by atoms with Crippen LogP contribution in [0, 0.1) is 0 Å². The lowest BCUT2D eigenvalue weighted by molar-refractivity contribution is -0.123. The zero-order valence-electron chi connectivity index (χ0n) is 16.5. The number of pyridine rings is 1. The number of rotatable bonds is 5. The quantitative estimate of drug-likeness (QED) is 0.705. The minimum absolute atomic E-state index is 0.0608. The van der Waals surface area contributed by atoms with E-state index in [-0.39, 0.29) is 5.91 Å². The van der Waals surface area contributed by atoms with Crippen LogP contribution in [0.3, 0.4) is 0 Å². The number of imidazole rings is 1. The van der Waals surface area contributed by atoms with Crippen molar-refractivity contribution in [3.8, 4) is 0 Å². The van der Waals surface area contributed by atoms with Crippen molar-refractivity contribution in [3.63, 3.8) is 0 Å². The fourth-order valence-electron chi connectivity index (χ4n) is 3.13. The molecule has 0 aliphatic rings. The van der Waals surface area contributed by atoms with E-state index in [4.69, 9.17) is 4.98 Å². The molecule has 0 unspecified atom stereocenters. The first kappa shape index (κ1) is 19.0. The molecule has 6 nitrogen and oxygen atoms in total. The number of hydrogen-bond acceptors (Lipinski definition) is 4. The minimum Gasteiger partial charge on any atom is -0.389 e. The maximum Gasteiger partial charge on any atom is 0.246 e. The van der Waals surface area contributed by atoms with Crippen molar-refractivity contribution in [2.24, 2.45) is 0 Å². The van der Waals surface area contributed by atoms with Gasteiger partial charge >= 0.3 is 0 Å². The molecule has 0 bridgehead atoms. The highest BCUT2D eigenvalue weighted by molar-refractivity contribution is 6.03. The monoisotopic (exact) mass is 366 g/mol. The summed E-state index contributed by atoms with van der Waals surface area (Å²) in [6, 6.07) is 5.93. The van der Waals surface area contributed by atoms with Gasteiger partial charge in [-0.1, -0.05) is 19.1 Å². The van der Waals surface area contributed by atoms with Crippen molar-refractivity contribution in [2.75, 3.05) is 14.1 Å². The molecular weight excluding hydrogens is 340 g/mol. The van der Waals surface area contributed by atoms with Crippen molar-refractivity contribution in [1.29, 1.82) is 0 Å². The van der Waals surface area contributed by atoms with Crippen LogP contribution in [-0.4, -0.2) is 50.1 Å². The molecule has 1 aromatic carbocycles. The third-order valence-electron chi connectivity index (χ3n) is 4.40. The van der Waals surface area contributed by atoms with Gasteiger partial charge in [-0.15, -0.1) is 0 Å². The average molecular weight is 366 g/mol. The molecule has 0 saturated carbocycles. The van der Waals surface area contributed by atoms with E-state index in [9.17, 15) is 9.90 Å². The van der Waals surface area contributed by atoms with E-state index in [1.165, 1.54) is 4.90 Å². The predicted molar refractivity (Wildman–Crippen MR) is 108 cm³/mol. The molecule has 0 aliphatic carbocycles. The minimum atomic E-state index is -0.845. The van der Waals surface area contributed by atoms with Crippen molar-refractivity contribution < 1.29 is 9.90 Å². The molecule has 0 saturated heterocycles. The van der Waals surface area contributed by atoms with Crippen molar-refractivity contribution in [1.82, 2.24) is 19.4 Å². The van der Waals surface area contributed by atoms with Crippen LogP contribution in [0.4, 0.5) is 0 Å². The van der Waals surface area contributed by atoms with E-state index >= 15 is 0 Å². The van der Waals surface area contributed by atoms with Crippen LogP contribution >= 0.6 is 0 Å². The van der Waals surface area contributed by atoms with E-state index in [1.807, 2.05) is 18.2 Å². The number of benzene rings is 1. The second kappa shape index (κ2) is 7.12. The Balaban J connectivity index is 2.13. The van der Waals surface area contributed by atoms with Gasteiger partial charge in [0.1, 0.15) is 11.3 Å². The first-order valence-electron chi connectivity index (χ1n) is 9.09. The molecule has 2 heterocycles. The summed E-state index contributed by atoms with van der Waals surface area (Å²) in [5.41, 5.74) is 2.71. The third-order valence-corrected chi connectivity index (χ3v) is 4.40. The SMILES string of the molecule is CCc1nc2cnc3cc(/C=C/C(=O)N(C)C)ccc3c2n1CC(C)(C)O. The Hall–Kier alpha value is -2.73. The number of carbonyl (C=O) groups excluding carboxylic acids is 1. The van der Waals surface area contributed by atoms with Crippen molar-refractivity contribution in [3.05, 3.63) is 41.9 Å². The normalized spacial score (nSPS) is 12.4. The molecule has 6 heteroatoms. The number of hydrogen-bond donors (Lipinski definition) is 1. The Labute approximate surface area is 159 Å². The molecule has 2 aromatic heterocycles. The lowest BCUT2D eigenvalue weighted by Crippen LogP contribution is -2.27. The highest BCUT2D eigenvalue weighted by Gasteiger charge is 2.20. The first-order valence-corrected chi connectivity index (χ1v) is 9.09. The van der Waals surface area contributed by atoms with Gasteiger partial charge in [0.15, 0.2) is 0 Å². The molecule has 3 aromatic rings. The summed E-state index contributed by atoms with van der Waals surface area (Å²) in [5, 5.41) is 11.3. The van der Waals surface area contributed by atoms with Gasteiger partial charge in [0, 0.05) is 32.0 Å². The highest BCUT2D eigenvalue weighted by Crippen LogP contribution is 2.27. The fourth-order valence-corrected chi connectivity index (χ4v) is 3.13. The Morgan fingerprint density at radius 3 is 2.67 bits per heavy atom. The van der Waals surface area contributed by atoms with E-state index in [0.717, 1.165) is 39.7 Å². The van der Waals surface area contributed by atoms with E-state index in [2.05, 4.69) is 16.5 Å². The molecule has 1 N–H and O–H groups in total. The molecule has 27 heavy (non-hydrogen) atoms. The molecule has 0 spiro atoms. The van der Waals surface area contributed by atoms with Gasteiger partial charge in [-0.3, -0.25) is 9.78 Å². The number of amides is 1. The lowest BCUT2D eigenvalue weighted by Gasteiger charge is -2.20. The number of aryl methyl sites for hydroxylation is 1. The molecular formula is C21H26N4O2. The van der Waals surface area contributed by atoms with Crippen LogP contribution in [0.1, 0.15) is 32.2 Å². The second-order valence-corrected chi connectivity index (χ2v) is 7.61. The van der Waals surface area contributed by atoms with Gasteiger partial charge in [-0.05, 0) is 31.6 Å². The maximum atomic E-state index is 11.8. The van der Waals surface area contributed by atoms with Crippen LogP contribution in [0.25, 0.3) is 28.0 Å². The first-order chi connectivity index (χ1) is 12.7. The summed E-state index contributed by atoms with van der Waals surface area (Å²) in [6.45, 7) is 6.12. The van der Waals surface area contributed by atoms with Crippen LogP contribution in [0.2, 0.25) is 0 Å². The second-order valence-electron chi connectivity index (χ2n) is 7.61. The summed E-state index contributed by atoms with van der Waals surface area (Å²) in [6.07, 6.45) is 5.89. The number of fused-ring (bicyclic) bond motifs is 3. The molecule has 0 aliphatic heterocycles. The summed E-state index contributed by atoms with van der Waals surface area (Å²) >= 11 is 0.